The molecule has 3 rings (SSSR count). The van der Waals surface area contributed by atoms with Crippen molar-refractivity contribution in [2.75, 3.05) is 4.90 Å². The summed E-state index contributed by atoms with van der Waals surface area (Å²) in [5.74, 6) is 1.74. The lowest BCUT2D eigenvalue weighted by Crippen LogP contribution is -2.45. The third kappa shape index (κ3) is 2.27. The number of H-pyrrole nitrogens is 1. The smallest absolute Gasteiger partial charge is 0.252 e. The highest BCUT2D eigenvalue weighted by Crippen LogP contribution is 2.38. The summed E-state index contributed by atoms with van der Waals surface area (Å²) in [7, 11) is 0. The Morgan fingerprint density at radius 2 is 2.00 bits per heavy atom. The van der Waals surface area contributed by atoms with Crippen LogP contribution in [0.4, 0.5) is 5.82 Å². The maximum atomic E-state index is 11.8. The minimum atomic E-state index is -0.194. The van der Waals surface area contributed by atoms with E-state index in [4.69, 9.17) is 0 Å². The minimum absolute atomic E-state index is 0.0841. The second-order valence-electron chi connectivity index (χ2n) is 6.06. The number of aromatic amines is 1. The first kappa shape index (κ1) is 12.7. The van der Waals surface area contributed by atoms with Crippen molar-refractivity contribution in [1.82, 2.24) is 9.97 Å². The first-order valence-corrected chi connectivity index (χ1v) is 7.12. The third-order valence-corrected chi connectivity index (χ3v) is 4.27. The molecule has 1 aromatic rings. The fraction of sp³-hybridized carbons (Fsp3) is 0.714. The number of hydrogen-bond donors (Lipinski definition) is 2. The fourth-order valence-electron chi connectivity index (χ4n) is 3.39. The summed E-state index contributed by atoms with van der Waals surface area (Å²) in [6.07, 6.45) is 3.57. The van der Waals surface area contributed by atoms with E-state index >= 15 is 0 Å². The zero-order valence-electron chi connectivity index (χ0n) is 11.5. The molecule has 2 N–H and O–H groups in total. The summed E-state index contributed by atoms with van der Waals surface area (Å²) in [6.45, 7) is 4.05. The molecule has 104 valence electrons. The van der Waals surface area contributed by atoms with Crippen LogP contribution in [-0.4, -0.2) is 33.3 Å². The Bertz CT molecular complexity index is 512. The maximum Gasteiger partial charge on any atom is 0.252 e. The van der Waals surface area contributed by atoms with Gasteiger partial charge in [-0.15, -0.1) is 0 Å². The van der Waals surface area contributed by atoms with E-state index in [2.05, 4.69) is 14.9 Å². The molecule has 0 aromatic carbocycles. The highest BCUT2D eigenvalue weighted by atomic mass is 16.3. The van der Waals surface area contributed by atoms with Gasteiger partial charge in [0.2, 0.25) is 0 Å². The number of piperidine rings is 1. The predicted octanol–water partition coefficient (Wildman–Crippen LogP) is 1.39. The molecule has 2 unspecified atom stereocenters. The molecule has 0 aliphatic carbocycles. The maximum absolute atomic E-state index is 11.8. The highest BCUT2D eigenvalue weighted by molar-refractivity contribution is 5.43. The normalized spacial score (nSPS) is 30.1. The van der Waals surface area contributed by atoms with Gasteiger partial charge in [-0.3, -0.25) is 4.79 Å². The number of aromatic nitrogens is 2. The molecule has 5 heteroatoms. The fourth-order valence-corrected chi connectivity index (χ4v) is 3.39. The van der Waals surface area contributed by atoms with E-state index in [1.807, 2.05) is 13.8 Å². The number of fused-ring (bicyclic) bond motifs is 2. The standard InChI is InChI=1S/C14H21N3O2/c1-8(2)14-15-12(7-13(19)16-14)17-9-3-4-10(17)6-11(18)5-9/h7-11,18H,3-6H2,1-2H3,(H,15,16,19). The largest absolute Gasteiger partial charge is 0.393 e. The zero-order chi connectivity index (χ0) is 13.6. The molecule has 2 atom stereocenters. The molecule has 0 spiro atoms. The van der Waals surface area contributed by atoms with Crippen LogP contribution in [0.1, 0.15) is 51.3 Å². The summed E-state index contributed by atoms with van der Waals surface area (Å²) in [6, 6.07) is 2.26. The number of nitrogens with one attached hydrogen (secondary N) is 1. The summed E-state index contributed by atoms with van der Waals surface area (Å²) in [4.78, 5) is 21.5. The van der Waals surface area contributed by atoms with Crippen molar-refractivity contribution in [1.29, 1.82) is 0 Å². The second kappa shape index (κ2) is 4.63. The summed E-state index contributed by atoms with van der Waals surface area (Å²) in [5, 5.41) is 9.84. The van der Waals surface area contributed by atoms with Gasteiger partial charge >= 0.3 is 0 Å². The first-order chi connectivity index (χ1) is 9.04. The van der Waals surface area contributed by atoms with Gasteiger partial charge in [-0.1, -0.05) is 13.8 Å². The minimum Gasteiger partial charge on any atom is -0.393 e. The molecule has 2 fully saturated rings. The van der Waals surface area contributed by atoms with Crippen molar-refractivity contribution in [3.8, 4) is 0 Å². The summed E-state index contributed by atoms with van der Waals surface area (Å²) >= 11 is 0. The van der Waals surface area contributed by atoms with Crippen LogP contribution in [0.25, 0.3) is 0 Å². The Morgan fingerprint density at radius 3 is 2.58 bits per heavy atom. The Labute approximate surface area is 112 Å². The molecule has 5 nitrogen and oxygen atoms in total. The van der Waals surface area contributed by atoms with Gasteiger partial charge in [0.25, 0.3) is 5.56 Å². The highest BCUT2D eigenvalue weighted by Gasteiger charge is 2.41. The number of hydrogen-bond acceptors (Lipinski definition) is 4. The number of rotatable bonds is 2. The summed E-state index contributed by atoms with van der Waals surface area (Å²) < 4.78 is 0. The molecular weight excluding hydrogens is 242 g/mol. The van der Waals surface area contributed by atoms with Crippen LogP contribution >= 0.6 is 0 Å². The lowest BCUT2D eigenvalue weighted by atomic mass is 10.00. The Hall–Kier alpha value is -1.36. The lowest BCUT2D eigenvalue weighted by molar-refractivity contribution is 0.126. The van der Waals surface area contributed by atoms with Gasteiger partial charge in [-0.2, -0.15) is 0 Å². The molecular formula is C14H21N3O2. The Kier molecular flexibility index (Phi) is 3.09. The molecule has 19 heavy (non-hydrogen) atoms. The predicted molar refractivity (Wildman–Crippen MR) is 73.5 cm³/mol. The van der Waals surface area contributed by atoms with Crippen LogP contribution in [0, 0.1) is 0 Å². The van der Waals surface area contributed by atoms with Gasteiger partial charge in [0, 0.05) is 24.1 Å². The van der Waals surface area contributed by atoms with Crippen molar-refractivity contribution in [3.05, 3.63) is 22.2 Å². The molecule has 1 aromatic heterocycles. The number of anilines is 1. The molecule has 0 radical (unpaired) electrons. The van der Waals surface area contributed by atoms with E-state index in [1.54, 1.807) is 6.07 Å². The van der Waals surface area contributed by atoms with Crippen LogP contribution in [0.5, 0.6) is 0 Å². The van der Waals surface area contributed by atoms with Crippen LogP contribution in [0.3, 0.4) is 0 Å². The van der Waals surface area contributed by atoms with E-state index in [1.165, 1.54) is 0 Å². The zero-order valence-corrected chi connectivity index (χ0v) is 11.5. The molecule has 2 aliphatic rings. The Morgan fingerprint density at radius 1 is 1.37 bits per heavy atom. The number of nitrogens with zero attached hydrogens (tertiary/aromatic N) is 2. The SMILES string of the molecule is CC(C)c1nc(N2C3CCC2CC(O)C3)cc(=O)[nH]1. The van der Waals surface area contributed by atoms with Crippen molar-refractivity contribution in [2.45, 2.75) is 63.6 Å². The van der Waals surface area contributed by atoms with Crippen molar-refractivity contribution in [3.63, 3.8) is 0 Å². The average Bonchev–Trinajstić information content (AvgIpc) is 2.61. The van der Waals surface area contributed by atoms with Crippen LogP contribution < -0.4 is 10.5 Å². The molecule has 2 aliphatic heterocycles. The van der Waals surface area contributed by atoms with Gasteiger partial charge in [-0.25, -0.2) is 4.98 Å². The monoisotopic (exact) mass is 263 g/mol. The third-order valence-electron chi connectivity index (χ3n) is 4.27. The molecule has 0 saturated carbocycles. The van der Waals surface area contributed by atoms with E-state index in [-0.39, 0.29) is 17.6 Å². The summed E-state index contributed by atoms with van der Waals surface area (Å²) in [5.41, 5.74) is -0.0841. The number of aliphatic hydroxyl groups is 1. The van der Waals surface area contributed by atoms with Crippen molar-refractivity contribution < 1.29 is 5.11 Å². The molecule has 0 amide bonds. The average molecular weight is 263 g/mol. The van der Waals surface area contributed by atoms with Gasteiger partial charge in [-0.05, 0) is 25.7 Å². The van der Waals surface area contributed by atoms with Crippen molar-refractivity contribution >= 4 is 5.82 Å². The molecule has 3 heterocycles. The number of aliphatic hydroxyl groups excluding tert-OH is 1. The molecule has 2 saturated heterocycles. The Balaban J connectivity index is 1.97. The van der Waals surface area contributed by atoms with E-state index in [0.717, 1.165) is 37.3 Å². The van der Waals surface area contributed by atoms with Gasteiger partial charge in [0.05, 0.1) is 6.10 Å². The van der Waals surface area contributed by atoms with Crippen LogP contribution in [0.2, 0.25) is 0 Å². The van der Waals surface area contributed by atoms with Crippen LogP contribution in [0.15, 0.2) is 10.9 Å². The topological polar surface area (TPSA) is 69.2 Å². The van der Waals surface area contributed by atoms with Crippen LogP contribution in [-0.2, 0) is 0 Å². The first-order valence-electron chi connectivity index (χ1n) is 7.12. The van der Waals surface area contributed by atoms with E-state index in [0.29, 0.717) is 12.1 Å². The lowest BCUT2D eigenvalue weighted by Gasteiger charge is -2.38. The second-order valence-corrected chi connectivity index (χ2v) is 6.06. The van der Waals surface area contributed by atoms with Gasteiger partial charge in [0.1, 0.15) is 11.6 Å². The van der Waals surface area contributed by atoms with Gasteiger partial charge < -0.3 is 15.0 Å². The molecule has 2 bridgehead atoms. The van der Waals surface area contributed by atoms with E-state index in [9.17, 15) is 9.90 Å². The van der Waals surface area contributed by atoms with E-state index < -0.39 is 0 Å². The quantitative estimate of drug-likeness (QED) is 0.846. The van der Waals surface area contributed by atoms with Gasteiger partial charge in [0.15, 0.2) is 0 Å². The van der Waals surface area contributed by atoms with Crippen molar-refractivity contribution in [2.24, 2.45) is 0 Å².